The summed E-state index contributed by atoms with van der Waals surface area (Å²) in [6.07, 6.45) is 4.74. The van der Waals surface area contributed by atoms with Crippen LogP contribution in [0, 0.1) is 6.92 Å². The summed E-state index contributed by atoms with van der Waals surface area (Å²) in [5.74, 6) is 0.532. The van der Waals surface area contributed by atoms with Crippen LogP contribution in [-0.4, -0.2) is 41.8 Å². The Hall–Kier alpha value is -3.68. The van der Waals surface area contributed by atoms with Crippen LogP contribution in [0.4, 0.5) is 4.79 Å². The second-order valence-corrected chi connectivity index (χ2v) is 7.33. The number of methoxy groups -OCH3 is 1. The Kier molecular flexibility index (Phi) is 7.96. The maximum Gasteiger partial charge on any atom is 0.407 e. The third kappa shape index (κ3) is 6.16. The van der Waals surface area contributed by atoms with Crippen LogP contribution in [0.25, 0.3) is 10.8 Å². The predicted molar refractivity (Wildman–Crippen MR) is 120 cm³/mol. The van der Waals surface area contributed by atoms with E-state index in [-0.39, 0.29) is 6.42 Å². The van der Waals surface area contributed by atoms with Crippen molar-refractivity contribution >= 4 is 22.8 Å². The molecule has 0 aliphatic heterocycles. The molecule has 3 aromatic rings. The Bertz CT molecular complexity index is 1070. The topological polar surface area (TPSA) is 99.6 Å². The second-order valence-electron chi connectivity index (χ2n) is 7.33. The SMILES string of the molecule is CCCCOC(=O)N[C@@H](Cc1ccc(Oc2nc(C)cc3ccncc23)cc1)C(=O)OC. The van der Waals surface area contributed by atoms with Gasteiger partial charge in [0.05, 0.1) is 19.1 Å². The highest BCUT2D eigenvalue weighted by Gasteiger charge is 2.22. The molecule has 0 fully saturated rings. The fraction of sp³-hybridized carbons (Fsp3) is 0.333. The molecule has 0 saturated carbocycles. The second kappa shape index (κ2) is 11.1. The van der Waals surface area contributed by atoms with Gasteiger partial charge in [-0.25, -0.2) is 14.6 Å². The van der Waals surface area contributed by atoms with Gasteiger partial charge in [-0.05, 0) is 48.6 Å². The zero-order valence-electron chi connectivity index (χ0n) is 18.5. The van der Waals surface area contributed by atoms with Gasteiger partial charge >= 0.3 is 12.1 Å². The third-order valence-electron chi connectivity index (χ3n) is 4.81. The Labute approximate surface area is 186 Å². The van der Waals surface area contributed by atoms with Crippen LogP contribution < -0.4 is 10.1 Å². The van der Waals surface area contributed by atoms with Crippen LogP contribution in [-0.2, 0) is 20.7 Å². The zero-order chi connectivity index (χ0) is 22.9. The van der Waals surface area contributed by atoms with Crippen molar-refractivity contribution < 1.29 is 23.8 Å². The molecular formula is C24H27N3O5. The summed E-state index contributed by atoms with van der Waals surface area (Å²) < 4.78 is 15.9. The van der Waals surface area contributed by atoms with Crippen LogP contribution in [0.1, 0.15) is 31.0 Å². The zero-order valence-corrected chi connectivity index (χ0v) is 18.5. The van der Waals surface area contributed by atoms with Crippen molar-refractivity contribution in [1.82, 2.24) is 15.3 Å². The summed E-state index contributed by atoms with van der Waals surface area (Å²) in [6, 6.07) is 10.3. The lowest BCUT2D eigenvalue weighted by atomic mass is 10.1. The molecule has 3 rings (SSSR count). The number of pyridine rings is 2. The van der Waals surface area contributed by atoms with Crippen molar-refractivity contribution in [2.24, 2.45) is 0 Å². The summed E-state index contributed by atoms with van der Waals surface area (Å²) in [6.45, 7) is 4.21. The summed E-state index contributed by atoms with van der Waals surface area (Å²) in [7, 11) is 1.28. The number of hydrogen-bond donors (Lipinski definition) is 1. The van der Waals surface area contributed by atoms with Gasteiger partial charge in [-0.15, -0.1) is 0 Å². The van der Waals surface area contributed by atoms with E-state index in [1.807, 2.05) is 38.1 Å². The summed E-state index contributed by atoms with van der Waals surface area (Å²) in [4.78, 5) is 32.7. The number of unbranched alkanes of at least 4 members (excludes halogenated alkanes) is 1. The quantitative estimate of drug-likeness (QED) is 0.393. The maximum atomic E-state index is 12.1. The van der Waals surface area contributed by atoms with E-state index in [9.17, 15) is 9.59 Å². The van der Waals surface area contributed by atoms with E-state index in [2.05, 4.69) is 15.3 Å². The minimum absolute atomic E-state index is 0.255. The maximum absolute atomic E-state index is 12.1. The van der Waals surface area contributed by atoms with E-state index < -0.39 is 18.1 Å². The number of aromatic nitrogens is 2. The van der Waals surface area contributed by atoms with Gasteiger partial charge in [-0.1, -0.05) is 25.5 Å². The summed E-state index contributed by atoms with van der Waals surface area (Å²) in [5, 5.41) is 4.39. The Morgan fingerprint density at radius 1 is 1.16 bits per heavy atom. The van der Waals surface area contributed by atoms with Crippen LogP contribution >= 0.6 is 0 Å². The highest BCUT2D eigenvalue weighted by molar-refractivity contribution is 5.86. The fourth-order valence-electron chi connectivity index (χ4n) is 3.13. The lowest BCUT2D eigenvalue weighted by Crippen LogP contribution is -2.43. The number of carbonyl (C=O) groups is 2. The molecule has 0 aliphatic rings. The molecule has 1 atom stereocenters. The highest BCUT2D eigenvalue weighted by atomic mass is 16.6. The monoisotopic (exact) mass is 437 g/mol. The highest BCUT2D eigenvalue weighted by Crippen LogP contribution is 2.28. The van der Waals surface area contributed by atoms with Gasteiger partial charge in [0, 0.05) is 24.5 Å². The summed E-state index contributed by atoms with van der Waals surface area (Å²) in [5.41, 5.74) is 1.67. The number of aryl methyl sites for hydroxylation is 1. The van der Waals surface area contributed by atoms with E-state index in [0.717, 1.165) is 34.9 Å². The van der Waals surface area contributed by atoms with Gasteiger partial charge in [0.25, 0.3) is 0 Å². The van der Waals surface area contributed by atoms with Crippen molar-refractivity contribution in [3.8, 4) is 11.6 Å². The number of rotatable bonds is 9. The van der Waals surface area contributed by atoms with E-state index >= 15 is 0 Å². The van der Waals surface area contributed by atoms with Gasteiger partial charge in [-0.3, -0.25) is 4.98 Å². The first kappa shape index (κ1) is 23.0. The number of benzene rings is 1. The average molecular weight is 437 g/mol. The molecule has 0 spiro atoms. The lowest BCUT2D eigenvalue weighted by Gasteiger charge is -2.17. The number of ether oxygens (including phenoxy) is 3. The van der Waals surface area contributed by atoms with E-state index in [1.54, 1.807) is 24.5 Å². The number of amides is 1. The molecule has 168 valence electrons. The number of nitrogens with one attached hydrogen (secondary N) is 1. The third-order valence-corrected chi connectivity index (χ3v) is 4.81. The Morgan fingerprint density at radius 2 is 1.94 bits per heavy atom. The van der Waals surface area contributed by atoms with Gasteiger partial charge < -0.3 is 19.5 Å². The molecule has 1 amide bonds. The van der Waals surface area contributed by atoms with Crippen molar-refractivity contribution in [2.45, 2.75) is 39.2 Å². The number of nitrogens with zero attached hydrogens (tertiary/aromatic N) is 2. The Balaban J connectivity index is 1.69. The van der Waals surface area contributed by atoms with Crippen LogP contribution in [0.5, 0.6) is 11.6 Å². The number of esters is 1. The minimum Gasteiger partial charge on any atom is -0.467 e. The largest absolute Gasteiger partial charge is 0.467 e. The normalized spacial score (nSPS) is 11.6. The number of carbonyl (C=O) groups excluding carboxylic acids is 2. The van der Waals surface area contributed by atoms with E-state index in [4.69, 9.17) is 14.2 Å². The smallest absolute Gasteiger partial charge is 0.407 e. The standard InChI is InChI=1S/C24H27N3O5/c1-4-5-12-31-24(29)27-21(23(28)30-3)14-17-6-8-19(9-7-17)32-22-20-15-25-11-10-18(20)13-16(2)26-22/h6-11,13,15,21H,4-5,12,14H2,1-3H3,(H,27,29)/t21-/m0/s1. The molecular weight excluding hydrogens is 410 g/mol. The average Bonchev–Trinajstić information content (AvgIpc) is 2.79. The fourth-order valence-corrected chi connectivity index (χ4v) is 3.13. The molecule has 2 aromatic heterocycles. The molecule has 8 nitrogen and oxygen atoms in total. The number of fused-ring (bicyclic) bond motifs is 1. The first-order valence-electron chi connectivity index (χ1n) is 10.5. The van der Waals surface area contributed by atoms with Crippen LogP contribution in [0.3, 0.4) is 0 Å². The molecule has 0 radical (unpaired) electrons. The lowest BCUT2D eigenvalue weighted by molar-refractivity contribution is -0.142. The van der Waals surface area contributed by atoms with E-state index in [1.165, 1.54) is 7.11 Å². The molecule has 0 unspecified atom stereocenters. The molecule has 1 aromatic carbocycles. The summed E-state index contributed by atoms with van der Waals surface area (Å²) >= 11 is 0. The first-order valence-corrected chi connectivity index (χ1v) is 10.5. The van der Waals surface area contributed by atoms with Gasteiger partial charge in [0.2, 0.25) is 5.88 Å². The first-order chi connectivity index (χ1) is 15.5. The van der Waals surface area contributed by atoms with Crippen molar-refractivity contribution in [1.29, 1.82) is 0 Å². The minimum atomic E-state index is -0.852. The van der Waals surface area contributed by atoms with Crippen LogP contribution in [0.2, 0.25) is 0 Å². The van der Waals surface area contributed by atoms with Crippen molar-refractivity contribution in [3.63, 3.8) is 0 Å². The Morgan fingerprint density at radius 3 is 2.66 bits per heavy atom. The molecule has 0 bridgehead atoms. The predicted octanol–water partition coefficient (Wildman–Crippen LogP) is 4.34. The van der Waals surface area contributed by atoms with Crippen LogP contribution in [0.15, 0.2) is 48.8 Å². The van der Waals surface area contributed by atoms with Crippen molar-refractivity contribution in [2.75, 3.05) is 13.7 Å². The van der Waals surface area contributed by atoms with E-state index in [0.29, 0.717) is 18.2 Å². The molecule has 8 heteroatoms. The molecule has 1 N–H and O–H groups in total. The molecule has 0 saturated heterocycles. The molecule has 0 aliphatic carbocycles. The van der Waals surface area contributed by atoms with Crippen molar-refractivity contribution in [3.05, 3.63) is 60.0 Å². The molecule has 32 heavy (non-hydrogen) atoms. The van der Waals surface area contributed by atoms with Gasteiger partial charge in [0.15, 0.2) is 0 Å². The molecule has 2 heterocycles. The number of hydrogen-bond acceptors (Lipinski definition) is 7. The number of alkyl carbamates (subject to hydrolysis) is 1. The van der Waals surface area contributed by atoms with Gasteiger partial charge in [-0.2, -0.15) is 0 Å². The van der Waals surface area contributed by atoms with Gasteiger partial charge in [0.1, 0.15) is 11.8 Å².